The van der Waals surface area contributed by atoms with Crippen molar-refractivity contribution in [2.75, 3.05) is 0 Å². The fourth-order valence-electron chi connectivity index (χ4n) is 1.89. The Morgan fingerprint density at radius 1 is 1.05 bits per heavy atom. The van der Waals surface area contributed by atoms with Gasteiger partial charge in [0, 0.05) is 45.4 Å². The van der Waals surface area contributed by atoms with Gasteiger partial charge in [-0.1, -0.05) is 16.8 Å². The molecule has 1 aromatic carbocycles. The Kier molecular flexibility index (Phi) is 4.60. The highest BCUT2D eigenvalue weighted by Gasteiger charge is 2.07. The van der Waals surface area contributed by atoms with Gasteiger partial charge in [0.2, 0.25) is 0 Å². The van der Waals surface area contributed by atoms with Crippen molar-refractivity contribution in [1.82, 2.24) is 15.1 Å². The van der Waals surface area contributed by atoms with Crippen LogP contribution in [0.25, 0.3) is 11.4 Å². The summed E-state index contributed by atoms with van der Waals surface area (Å²) < 4.78 is 16.8. The van der Waals surface area contributed by atoms with E-state index in [1.165, 1.54) is 6.26 Å². The van der Waals surface area contributed by atoms with Crippen LogP contribution in [0.1, 0.15) is 11.3 Å². The van der Waals surface area contributed by atoms with Gasteiger partial charge in [0.05, 0.1) is 17.2 Å². The lowest BCUT2D eigenvalue weighted by atomic mass is 10.2. The summed E-state index contributed by atoms with van der Waals surface area (Å²) in [5.41, 5.74) is 2.39. The summed E-state index contributed by atoms with van der Waals surface area (Å²) in [5, 5.41) is 4.42. The molecule has 1 atom stereocenters. The van der Waals surface area contributed by atoms with Gasteiger partial charge in [0.25, 0.3) is 0 Å². The number of benzene rings is 1. The van der Waals surface area contributed by atoms with E-state index < -0.39 is 10.8 Å². The van der Waals surface area contributed by atoms with Crippen molar-refractivity contribution in [3.8, 4) is 11.4 Å². The standard InChI is InChI=1S/C15H12ClN3O2S/c16-13-3-1-12(2-4-13)15-17-7-11(8-18-15)9-22(20)10-14-5-6-21-19-14/h1-8H,9-10H2. The maximum Gasteiger partial charge on any atom is 0.159 e. The van der Waals surface area contributed by atoms with Gasteiger partial charge in [-0.05, 0) is 24.3 Å². The minimum Gasteiger partial charge on any atom is -0.364 e. The van der Waals surface area contributed by atoms with Crippen LogP contribution in [0.15, 0.2) is 53.5 Å². The molecule has 7 heteroatoms. The Morgan fingerprint density at radius 3 is 2.41 bits per heavy atom. The van der Waals surface area contributed by atoms with Gasteiger partial charge < -0.3 is 4.52 Å². The van der Waals surface area contributed by atoms with E-state index in [0.717, 1.165) is 11.1 Å². The van der Waals surface area contributed by atoms with Gasteiger partial charge in [-0.2, -0.15) is 0 Å². The first kappa shape index (κ1) is 14.9. The van der Waals surface area contributed by atoms with Gasteiger partial charge >= 0.3 is 0 Å². The van der Waals surface area contributed by atoms with Crippen LogP contribution in [0, 0.1) is 0 Å². The third-order valence-corrected chi connectivity index (χ3v) is 4.46. The largest absolute Gasteiger partial charge is 0.364 e. The highest BCUT2D eigenvalue weighted by molar-refractivity contribution is 7.83. The van der Waals surface area contributed by atoms with E-state index in [-0.39, 0.29) is 0 Å². The van der Waals surface area contributed by atoms with E-state index in [9.17, 15) is 4.21 Å². The molecule has 22 heavy (non-hydrogen) atoms. The smallest absolute Gasteiger partial charge is 0.159 e. The first-order valence-corrected chi connectivity index (χ1v) is 8.38. The number of aromatic nitrogens is 3. The fourth-order valence-corrected chi connectivity index (χ4v) is 3.12. The summed E-state index contributed by atoms with van der Waals surface area (Å²) >= 11 is 5.85. The van der Waals surface area contributed by atoms with Crippen LogP contribution in [0.5, 0.6) is 0 Å². The molecule has 3 rings (SSSR count). The second-order valence-electron chi connectivity index (χ2n) is 4.64. The predicted octanol–water partition coefficient (Wildman–Crippen LogP) is 3.23. The lowest BCUT2D eigenvalue weighted by Crippen LogP contribution is -2.01. The van der Waals surface area contributed by atoms with Crippen LogP contribution in [0.2, 0.25) is 5.02 Å². The van der Waals surface area contributed by atoms with Crippen LogP contribution in [-0.4, -0.2) is 19.3 Å². The molecule has 5 nitrogen and oxygen atoms in total. The molecule has 112 valence electrons. The second-order valence-corrected chi connectivity index (χ2v) is 6.53. The maximum absolute atomic E-state index is 12.0. The van der Waals surface area contributed by atoms with Crippen LogP contribution >= 0.6 is 11.6 Å². The lowest BCUT2D eigenvalue weighted by Gasteiger charge is -2.03. The summed E-state index contributed by atoms with van der Waals surface area (Å²) in [7, 11) is -1.07. The minimum absolute atomic E-state index is 0.357. The molecule has 0 saturated carbocycles. The first-order valence-electron chi connectivity index (χ1n) is 6.52. The fraction of sp³-hybridized carbons (Fsp3) is 0.133. The maximum atomic E-state index is 12.0. The highest BCUT2D eigenvalue weighted by atomic mass is 35.5. The third-order valence-electron chi connectivity index (χ3n) is 2.94. The van der Waals surface area contributed by atoms with Gasteiger partial charge in [0.15, 0.2) is 5.82 Å². The molecule has 0 N–H and O–H groups in total. The number of hydrogen-bond donors (Lipinski definition) is 0. The van der Waals surface area contributed by atoms with Crippen molar-refractivity contribution in [2.24, 2.45) is 0 Å². The van der Waals surface area contributed by atoms with E-state index in [1.54, 1.807) is 30.6 Å². The van der Waals surface area contributed by atoms with Gasteiger partial charge in [-0.15, -0.1) is 0 Å². The zero-order valence-corrected chi connectivity index (χ0v) is 13.0. The van der Waals surface area contributed by atoms with Crippen LogP contribution in [-0.2, 0) is 22.3 Å². The van der Waals surface area contributed by atoms with E-state index in [1.807, 2.05) is 12.1 Å². The van der Waals surface area contributed by atoms with Crippen molar-refractivity contribution in [3.05, 3.63) is 65.3 Å². The van der Waals surface area contributed by atoms with Crippen molar-refractivity contribution in [3.63, 3.8) is 0 Å². The quantitative estimate of drug-likeness (QED) is 0.717. The molecule has 0 spiro atoms. The van der Waals surface area contributed by atoms with E-state index in [0.29, 0.717) is 28.0 Å². The average molecular weight is 334 g/mol. The summed E-state index contributed by atoms with van der Waals surface area (Å²) in [6, 6.07) is 9.01. The Bertz CT molecular complexity index is 758. The Balaban J connectivity index is 1.66. The average Bonchev–Trinajstić information content (AvgIpc) is 3.02. The zero-order chi connectivity index (χ0) is 15.4. The van der Waals surface area contributed by atoms with Crippen LogP contribution in [0.3, 0.4) is 0 Å². The molecule has 0 aliphatic rings. The van der Waals surface area contributed by atoms with Crippen molar-refractivity contribution in [2.45, 2.75) is 11.5 Å². The van der Waals surface area contributed by atoms with E-state index in [2.05, 4.69) is 15.1 Å². The second kappa shape index (κ2) is 6.81. The molecule has 0 aliphatic carbocycles. The number of nitrogens with zero attached hydrogens (tertiary/aromatic N) is 3. The van der Waals surface area contributed by atoms with E-state index in [4.69, 9.17) is 16.1 Å². The molecule has 0 aliphatic heterocycles. The summed E-state index contributed by atoms with van der Waals surface area (Å²) in [6.45, 7) is 0. The molecule has 0 bridgehead atoms. The Morgan fingerprint density at radius 2 is 1.77 bits per heavy atom. The van der Waals surface area contributed by atoms with Crippen LogP contribution in [0.4, 0.5) is 0 Å². The number of hydrogen-bond acceptors (Lipinski definition) is 5. The Labute approximate surface area is 134 Å². The molecule has 1 unspecified atom stereocenters. The van der Waals surface area contributed by atoms with Gasteiger partial charge in [-0.25, -0.2) is 9.97 Å². The van der Waals surface area contributed by atoms with Gasteiger partial charge in [-0.3, -0.25) is 4.21 Å². The normalized spacial score (nSPS) is 12.2. The van der Waals surface area contributed by atoms with Crippen LogP contribution < -0.4 is 0 Å². The first-order chi connectivity index (χ1) is 10.7. The molecule has 3 aromatic rings. The molecule has 2 heterocycles. The SMILES string of the molecule is O=S(Cc1cnc(-c2ccc(Cl)cc2)nc1)Cc1ccon1. The lowest BCUT2D eigenvalue weighted by molar-refractivity contribution is 0.414. The molecular weight excluding hydrogens is 322 g/mol. The minimum atomic E-state index is -1.07. The van der Waals surface area contributed by atoms with Gasteiger partial charge in [0.1, 0.15) is 6.26 Å². The molecule has 2 aromatic heterocycles. The van der Waals surface area contributed by atoms with Crippen molar-refractivity contribution < 1.29 is 8.73 Å². The zero-order valence-electron chi connectivity index (χ0n) is 11.5. The molecule has 0 amide bonds. The Hall–Kier alpha value is -2.05. The van der Waals surface area contributed by atoms with Crippen molar-refractivity contribution >= 4 is 22.4 Å². The number of halogens is 1. The highest BCUT2D eigenvalue weighted by Crippen LogP contribution is 2.18. The molecular formula is C15H12ClN3O2S. The third kappa shape index (κ3) is 3.78. The van der Waals surface area contributed by atoms with E-state index >= 15 is 0 Å². The molecule has 0 fully saturated rings. The monoisotopic (exact) mass is 333 g/mol. The molecule has 0 saturated heterocycles. The van der Waals surface area contributed by atoms with Crippen molar-refractivity contribution in [1.29, 1.82) is 0 Å². The summed E-state index contributed by atoms with van der Waals surface area (Å²) in [5.74, 6) is 1.35. The summed E-state index contributed by atoms with van der Waals surface area (Å²) in [6.07, 6.45) is 4.85. The topological polar surface area (TPSA) is 68.9 Å². The predicted molar refractivity (Wildman–Crippen MR) is 84.5 cm³/mol. The summed E-state index contributed by atoms with van der Waals surface area (Å²) in [4.78, 5) is 8.61. The molecule has 0 radical (unpaired) electrons. The number of rotatable bonds is 5.